The van der Waals surface area contributed by atoms with Crippen molar-refractivity contribution in [2.45, 2.75) is 18.7 Å². The number of carbonyl (C=O) groups is 1. The van der Waals surface area contributed by atoms with Gasteiger partial charge in [-0.2, -0.15) is 0 Å². The van der Waals surface area contributed by atoms with Crippen molar-refractivity contribution in [3.63, 3.8) is 0 Å². The van der Waals surface area contributed by atoms with Crippen LogP contribution in [0.4, 0.5) is 0 Å². The van der Waals surface area contributed by atoms with Gasteiger partial charge < -0.3 is 19.5 Å². The van der Waals surface area contributed by atoms with Crippen LogP contribution in [0.15, 0.2) is 36.4 Å². The Kier molecular flexibility index (Phi) is 8.13. The Hall–Kier alpha value is -2.05. The molecule has 0 saturated carbocycles. The van der Waals surface area contributed by atoms with Crippen LogP contribution in [0.2, 0.25) is 5.02 Å². The van der Waals surface area contributed by atoms with Crippen molar-refractivity contribution in [3.05, 3.63) is 52.5 Å². The topological polar surface area (TPSA) is 56.8 Å². The van der Waals surface area contributed by atoms with Gasteiger partial charge in [0.15, 0.2) is 11.5 Å². The van der Waals surface area contributed by atoms with E-state index in [1.807, 2.05) is 43.3 Å². The van der Waals surface area contributed by atoms with Crippen LogP contribution in [-0.4, -0.2) is 33.0 Å². The molecule has 0 aliphatic carbocycles. The zero-order valence-corrected chi connectivity index (χ0v) is 17.4. The Balaban J connectivity index is 1.93. The second kappa shape index (κ2) is 10.3. The summed E-state index contributed by atoms with van der Waals surface area (Å²) in [6.07, 6.45) is 0. The molecule has 1 amide bonds. The summed E-state index contributed by atoms with van der Waals surface area (Å²) in [5, 5.41) is 3.76. The Bertz CT molecular complexity index is 759. The summed E-state index contributed by atoms with van der Waals surface area (Å²) >= 11 is 7.75. The first-order valence-corrected chi connectivity index (χ1v) is 9.84. The highest BCUT2D eigenvalue weighted by atomic mass is 35.5. The molecule has 0 spiro atoms. The fourth-order valence-electron chi connectivity index (χ4n) is 2.58. The largest absolute Gasteiger partial charge is 0.493 e. The maximum Gasteiger partial charge on any atom is 0.230 e. The van der Waals surface area contributed by atoms with Crippen LogP contribution in [0.1, 0.15) is 23.3 Å². The molecular formula is C20H24ClNO4S. The summed E-state index contributed by atoms with van der Waals surface area (Å²) < 4.78 is 16.0. The third-order valence-corrected chi connectivity index (χ3v) is 5.55. The van der Waals surface area contributed by atoms with Gasteiger partial charge in [-0.15, -0.1) is 11.8 Å². The van der Waals surface area contributed by atoms with Gasteiger partial charge in [0, 0.05) is 16.8 Å². The molecule has 0 radical (unpaired) electrons. The number of halogens is 1. The molecule has 27 heavy (non-hydrogen) atoms. The van der Waals surface area contributed by atoms with Crippen molar-refractivity contribution in [2.24, 2.45) is 0 Å². The summed E-state index contributed by atoms with van der Waals surface area (Å²) in [6, 6.07) is 11.3. The lowest BCUT2D eigenvalue weighted by atomic mass is 10.2. The zero-order chi connectivity index (χ0) is 19.8. The summed E-state index contributed by atoms with van der Waals surface area (Å²) in [5.74, 6) is 1.94. The molecule has 7 heteroatoms. The summed E-state index contributed by atoms with van der Waals surface area (Å²) in [7, 11) is 4.68. The highest BCUT2D eigenvalue weighted by molar-refractivity contribution is 8.00. The first-order chi connectivity index (χ1) is 13.0. The molecule has 2 aromatic rings. The monoisotopic (exact) mass is 409 g/mol. The average Bonchev–Trinajstić information content (AvgIpc) is 2.69. The first kappa shape index (κ1) is 21.3. The molecule has 5 nitrogen and oxygen atoms in total. The quantitative estimate of drug-likeness (QED) is 0.661. The number of hydrogen-bond donors (Lipinski definition) is 1. The molecule has 2 aromatic carbocycles. The standard InChI is InChI=1S/C20H24ClNO4S/c1-13(15-7-5-6-8-16(15)21)27-12-19(23)22-11-14-9-17(24-2)20(26-4)18(10-14)25-3/h5-10,13H,11-12H2,1-4H3,(H,22,23). The molecule has 2 rings (SSSR count). The average molecular weight is 410 g/mol. The number of amides is 1. The molecule has 0 saturated heterocycles. The number of methoxy groups -OCH3 is 3. The van der Waals surface area contributed by atoms with Crippen LogP contribution >= 0.6 is 23.4 Å². The second-order valence-electron chi connectivity index (χ2n) is 5.79. The Labute approximate surface area is 169 Å². The van der Waals surface area contributed by atoms with Gasteiger partial charge >= 0.3 is 0 Å². The molecular weight excluding hydrogens is 386 g/mol. The number of hydrogen-bond acceptors (Lipinski definition) is 5. The smallest absolute Gasteiger partial charge is 0.230 e. The van der Waals surface area contributed by atoms with Crippen molar-refractivity contribution < 1.29 is 19.0 Å². The third-order valence-electron chi connectivity index (χ3n) is 4.02. The third kappa shape index (κ3) is 5.71. The highest BCUT2D eigenvalue weighted by Gasteiger charge is 2.15. The lowest BCUT2D eigenvalue weighted by Crippen LogP contribution is -2.25. The van der Waals surface area contributed by atoms with Gasteiger partial charge in [0.1, 0.15) is 0 Å². The molecule has 0 aromatic heterocycles. The molecule has 1 N–H and O–H groups in total. The van der Waals surface area contributed by atoms with Crippen LogP contribution in [0, 0.1) is 0 Å². The van der Waals surface area contributed by atoms with E-state index < -0.39 is 0 Å². The molecule has 0 aliphatic heterocycles. The molecule has 0 bridgehead atoms. The van der Waals surface area contributed by atoms with E-state index in [0.717, 1.165) is 16.1 Å². The maximum atomic E-state index is 12.2. The van der Waals surface area contributed by atoms with E-state index in [0.29, 0.717) is 29.5 Å². The SMILES string of the molecule is COc1cc(CNC(=O)CSC(C)c2ccccc2Cl)cc(OC)c1OC. The van der Waals surface area contributed by atoms with Crippen molar-refractivity contribution in [2.75, 3.05) is 27.1 Å². The van der Waals surface area contributed by atoms with E-state index in [9.17, 15) is 4.79 Å². The minimum atomic E-state index is -0.0485. The van der Waals surface area contributed by atoms with Gasteiger partial charge in [0.05, 0.1) is 27.1 Å². The van der Waals surface area contributed by atoms with E-state index >= 15 is 0 Å². The van der Waals surface area contributed by atoms with Gasteiger partial charge in [-0.05, 0) is 36.2 Å². The van der Waals surface area contributed by atoms with Crippen LogP contribution in [0.3, 0.4) is 0 Å². The number of rotatable bonds is 9. The van der Waals surface area contributed by atoms with E-state index in [1.54, 1.807) is 33.1 Å². The highest BCUT2D eigenvalue weighted by Crippen LogP contribution is 2.38. The Morgan fingerprint density at radius 1 is 1.11 bits per heavy atom. The normalized spacial score (nSPS) is 11.6. The first-order valence-electron chi connectivity index (χ1n) is 8.41. The van der Waals surface area contributed by atoms with Crippen molar-refractivity contribution in [3.8, 4) is 17.2 Å². The predicted molar refractivity (Wildman–Crippen MR) is 110 cm³/mol. The molecule has 0 heterocycles. The van der Waals surface area contributed by atoms with Crippen molar-refractivity contribution in [1.82, 2.24) is 5.32 Å². The van der Waals surface area contributed by atoms with E-state index in [2.05, 4.69) is 5.32 Å². The number of thioether (sulfide) groups is 1. The number of benzene rings is 2. The van der Waals surface area contributed by atoms with Gasteiger partial charge in [-0.3, -0.25) is 4.79 Å². The Morgan fingerprint density at radius 3 is 2.30 bits per heavy atom. The van der Waals surface area contributed by atoms with Gasteiger partial charge in [0.2, 0.25) is 11.7 Å². The van der Waals surface area contributed by atoms with E-state index in [-0.39, 0.29) is 11.2 Å². The van der Waals surface area contributed by atoms with Crippen LogP contribution in [0.5, 0.6) is 17.2 Å². The summed E-state index contributed by atoms with van der Waals surface area (Å²) in [6.45, 7) is 2.41. The summed E-state index contributed by atoms with van der Waals surface area (Å²) in [4.78, 5) is 12.2. The van der Waals surface area contributed by atoms with Gasteiger partial charge in [-0.25, -0.2) is 0 Å². The fourth-order valence-corrected chi connectivity index (χ4v) is 3.84. The fraction of sp³-hybridized carbons (Fsp3) is 0.350. The molecule has 1 atom stereocenters. The molecule has 0 fully saturated rings. The van der Waals surface area contributed by atoms with Crippen LogP contribution < -0.4 is 19.5 Å². The number of nitrogens with one attached hydrogen (secondary N) is 1. The summed E-state index contributed by atoms with van der Waals surface area (Å²) in [5.41, 5.74) is 1.89. The molecule has 0 aliphatic rings. The lowest BCUT2D eigenvalue weighted by molar-refractivity contribution is -0.118. The Morgan fingerprint density at radius 2 is 1.74 bits per heavy atom. The van der Waals surface area contributed by atoms with Crippen molar-refractivity contribution in [1.29, 1.82) is 0 Å². The van der Waals surface area contributed by atoms with Gasteiger partial charge in [-0.1, -0.05) is 29.8 Å². The van der Waals surface area contributed by atoms with Crippen LogP contribution in [0.25, 0.3) is 0 Å². The minimum Gasteiger partial charge on any atom is -0.493 e. The maximum absolute atomic E-state index is 12.2. The van der Waals surface area contributed by atoms with Crippen LogP contribution in [-0.2, 0) is 11.3 Å². The van der Waals surface area contributed by atoms with Crippen molar-refractivity contribution >= 4 is 29.3 Å². The van der Waals surface area contributed by atoms with E-state index in [4.69, 9.17) is 25.8 Å². The molecule has 1 unspecified atom stereocenters. The lowest BCUT2D eigenvalue weighted by Gasteiger charge is -2.15. The zero-order valence-electron chi connectivity index (χ0n) is 15.9. The molecule has 146 valence electrons. The number of ether oxygens (including phenoxy) is 3. The number of carbonyl (C=O) groups excluding carboxylic acids is 1. The second-order valence-corrected chi connectivity index (χ2v) is 7.52. The van der Waals surface area contributed by atoms with E-state index in [1.165, 1.54) is 0 Å². The minimum absolute atomic E-state index is 0.0485. The van der Waals surface area contributed by atoms with Gasteiger partial charge in [0.25, 0.3) is 0 Å². The predicted octanol–water partition coefficient (Wildman–Crippen LogP) is 4.48.